The van der Waals surface area contributed by atoms with E-state index in [1.54, 1.807) is 0 Å². The van der Waals surface area contributed by atoms with Crippen LogP contribution in [-0.4, -0.2) is 24.6 Å². The van der Waals surface area contributed by atoms with Gasteiger partial charge in [-0.1, -0.05) is 11.6 Å². The number of urea groups is 1. The third kappa shape index (κ3) is 4.14. The van der Waals surface area contributed by atoms with Gasteiger partial charge in [-0.25, -0.2) is 4.79 Å². The Kier molecular flexibility index (Phi) is 4.43. The van der Waals surface area contributed by atoms with Gasteiger partial charge < -0.3 is 10.1 Å². The first-order valence-corrected chi connectivity index (χ1v) is 6.39. The lowest BCUT2D eigenvalue weighted by atomic mass is 10.2. The molecule has 2 rings (SSSR count). The second-order valence-electron chi connectivity index (χ2n) is 4.34. The number of carbonyl (C=O) groups excluding carboxylic acids is 2. The van der Waals surface area contributed by atoms with E-state index in [9.17, 15) is 9.59 Å². The summed E-state index contributed by atoms with van der Waals surface area (Å²) in [6.07, 6.45) is 1.89. The molecular formula is C13H12ClN3O3. The Balaban J connectivity index is 1.80. The van der Waals surface area contributed by atoms with E-state index in [0.717, 1.165) is 12.8 Å². The Bertz CT molecular complexity index is 579. The molecule has 0 heterocycles. The minimum absolute atomic E-state index is 0.177. The van der Waals surface area contributed by atoms with Crippen LogP contribution in [0.2, 0.25) is 5.02 Å². The van der Waals surface area contributed by atoms with Crippen molar-refractivity contribution < 1.29 is 14.3 Å². The molecule has 1 aliphatic carbocycles. The molecule has 0 aromatic heterocycles. The van der Waals surface area contributed by atoms with Crippen LogP contribution in [0.3, 0.4) is 0 Å². The van der Waals surface area contributed by atoms with Crippen LogP contribution in [0, 0.1) is 11.3 Å². The molecular weight excluding hydrogens is 282 g/mol. The summed E-state index contributed by atoms with van der Waals surface area (Å²) < 4.78 is 5.19. The average molecular weight is 294 g/mol. The highest BCUT2D eigenvalue weighted by Gasteiger charge is 2.23. The van der Waals surface area contributed by atoms with Crippen molar-refractivity contribution in [2.45, 2.75) is 18.9 Å². The Hall–Kier alpha value is -2.26. The van der Waals surface area contributed by atoms with Crippen molar-refractivity contribution in [1.29, 1.82) is 5.26 Å². The molecule has 7 heteroatoms. The van der Waals surface area contributed by atoms with Crippen molar-refractivity contribution in [3.05, 3.63) is 28.8 Å². The van der Waals surface area contributed by atoms with Crippen LogP contribution in [0.4, 0.5) is 4.79 Å². The van der Waals surface area contributed by atoms with E-state index >= 15 is 0 Å². The van der Waals surface area contributed by atoms with Crippen LogP contribution < -0.4 is 15.4 Å². The van der Waals surface area contributed by atoms with Crippen molar-refractivity contribution in [1.82, 2.24) is 10.6 Å². The minimum Gasteiger partial charge on any atom is -0.482 e. The minimum atomic E-state index is -0.566. The number of nitrogens with one attached hydrogen (secondary N) is 2. The second kappa shape index (κ2) is 6.26. The predicted octanol–water partition coefficient (Wildman–Crippen LogP) is 1.58. The van der Waals surface area contributed by atoms with Gasteiger partial charge in [-0.3, -0.25) is 10.1 Å². The fourth-order valence-electron chi connectivity index (χ4n) is 1.44. The van der Waals surface area contributed by atoms with E-state index < -0.39 is 11.9 Å². The zero-order valence-corrected chi connectivity index (χ0v) is 11.2. The van der Waals surface area contributed by atoms with E-state index in [2.05, 4.69) is 10.6 Å². The summed E-state index contributed by atoms with van der Waals surface area (Å²) in [7, 11) is 0. The Morgan fingerprint density at radius 3 is 2.80 bits per heavy atom. The van der Waals surface area contributed by atoms with Gasteiger partial charge in [0.15, 0.2) is 6.61 Å². The van der Waals surface area contributed by atoms with Gasteiger partial charge in [0.1, 0.15) is 5.75 Å². The van der Waals surface area contributed by atoms with Crippen molar-refractivity contribution in [3.8, 4) is 11.8 Å². The maximum Gasteiger partial charge on any atom is 0.321 e. The van der Waals surface area contributed by atoms with Gasteiger partial charge in [0, 0.05) is 6.04 Å². The van der Waals surface area contributed by atoms with Crippen molar-refractivity contribution in [2.24, 2.45) is 0 Å². The molecule has 0 spiro atoms. The lowest BCUT2D eigenvalue weighted by molar-refractivity contribution is -0.122. The number of carbonyl (C=O) groups is 2. The van der Waals surface area contributed by atoms with Crippen LogP contribution in [-0.2, 0) is 4.79 Å². The molecule has 0 aliphatic heterocycles. The van der Waals surface area contributed by atoms with Crippen molar-refractivity contribution in [3.63, 3.8) is 0 Å². The first-order valence-electron chi connectivity index (χ1n) is 6.01. The van der Waals surface area contributed by atoms with Crippen LogP contribution in [0.25, 0.3) is 0 Å². The van der Waals surface area contributed by atoms with Crippen molar-refractivity contribution >= 4 is 23.5 Å². The number of nitriles is 1. The fourth-order valence-corrected chi connectivity index (χ4v) is 1.68. The highest BCUT2D eigenvalue weighted by molar-refractivity contribution is 6.32. The maximum atomic E-state index is 11.5. The number of halogens is 1. The number of imide groups is 1. The van der Waals surface area contributed by atoms with Gasteiger partial charge in [0.2, 0.25) is 0 Å². The molecule has 6 nitrogen and oxygen atoms in total. The quantitative estimate of drug-likeness (QED) is 0.881. The summed E-state index contributed by atoms with van der Waals surface area (Å²) in [5, 5.41) is 13.7. The van der Waals surface area contributed by atoms with Gasteiger partial charge in [-0.2, -0.15) is 5.26 Å². The maximum absolute atomic E-state index is 11.5. The summed E-state index contributed by atoms with van der Waals surface area (Å²) in [5.74, 6) is -0.285. The SMILES string of the molecule is N#Cc1ccc(OCC(=O)NC(=O)NC2CC2)c(Cl)c1. The molecule has 1 aromatic rings. The van der Waals surface area contributed by atoms with Gasteiger partial charge in [0.05, 0.1) is 16.7 Å². The molecule has 1 saturated carbocycles. The first-order chi connectivity index (χ1) is 9.58. The standard InChI is InChI=1S/C13H12ClN3O3/c14-10-5-8(6-15)1-4-11(10)20-7-12(18)17-13(19)16-9-2-3-9/h1,4-5,9H,2-3,7H2,(H2,16,17,18,19). The highest BCUT2D eigenvalue weighted by Crippen LogP contribution is 2.25. The molecule has 1 aliphatic rings. The molecule has 0 saturated heterocycles. The molecule has 0 unspecified atom stereocenters. The molecule has 20 heavy (non-hydrogen) atoms. The van der Waals surface area contributed by atoms with Crippen molar-refractivity contribution in [2.75, 3.05) is 6.61 Å². The second-order valence-corrected chi connectivity index (χ2v) is 4.75. The lowest BCUT2D eigenvalue weighted by Gasteiger charge is -2.08. The van der Waals surface area contributed by atoms with Crippen LogP contribution in [0.5, 0.6) is 5.75 Å². The number of nitrogens with zero attached hydrogens (tertiary/aromatic N) is 1. The van der Waals surface area contributed by atoms with E-state index in [4.69, 9.17) is 21.6 Å². The van der Waals surface area contributed by atoms with Crippen LogP contribution in [0.1, 0.15) is 18.4 Å². The number of benzene rings is 1. The number of hydrogen-bond donors (Lipinski definition) is 2. The average Bonchev–Trinajstić information content (AvgIpc) is 3.20. The summed E-state index contributed by atoms with van der Waals surface area (Å²) in [6, 6.07) is 6.06. The lowest BCUT2D eigenvalue weighted by Crippen LogP contribution is -2.42. The number of amides is 3. The molecule has 0 radical (unpaired) electrons. The normalized spacial score (nSPS) is 13.2. The Labute approximate surface area is 120 Å². The topological polar surface area (TPSA) is 91.2 Å². The smallest absolute Gasteiger partial charge is 0.321 e. The van der Waals surface area contributed by atoms with Crippen LogP contribution >= 0.6 is 11.6 Å². The zero-order chi connectivity index (χ0) is 14.5. The summed E-state index contributed by atoms with van der Waals surface area (Å²) in [6.45, 7) is -0.330. The zero-order valence-electron chi connectivity index (χ0n) is 10.5. The summed E-state index contributed by atoms with van der Waals surface area (Å²) in [4.78, 5) is 22.8. The molecule has 1 aromatic carbocycles. The van der Waals surface area contributed by atoms with Gasteiger partial charge in [-0.05, 0) is 31.0 Å². The number of rotatable bonds is 4. The number of ether oxygens (including phenoxy) is 1. The Morgan fingerprint density at radius 1 is 1.45 bits per heavy atom. The molecule has 104 valence electrons. The highest BCUT2D eigenvalue weighted by atomic mass is 35.5. The largest absolute Gasteiger partial charge is 0.482 e. The molecule has 0 atom stereocenters. The van der Waals surface area contributed by atoms with Gasteiger partial charge in [-0.15, -0.1) is 0 Å². The van der Waals surface area contributed by atoms with Crippen LogP contribution in [0.15, 0.2) is 18.2 Å². The van der Waals surface area contributed by atoms with E-state index in [-0.39, 0.29) is 23.4 Å². The molecule has 2 N–H and O–H groups in total. The fraction of sp³-hybridized carbons (Fsp3) is 0.308. The van der Waals surface area contributed by atoms with Gasteiger partial charge in [0.25, 0.3) is 5.91 Å². The van der Waals surface area contributed by atoms with Gasteiger partial charge >= 0.3 is 6.03 Å². The molecule has 3 amide bonds. The van der Waals surface area contributed by atoms with E-state index in [1.165, 1.54) is 18.2 Å². The van der Waals surface area contributed by atoms with E-state index in [0.29, 0.717) is 5.56 Å². The Morgan fingerprint density at radius 2 is 2.20 bits per heavy atom. The molecule has 1 fully saturated rings. The third-order valence-electron chi connectivity index (χ3n) is 2.59. The first kappa shape index (κ1) is 14.2. The monoisotopic (exact) mass is 293 g/mol. The summed E-state index contributed by atoms with van der Waals surface area (Å²) >= 11 is 5.89. The van der Waals surface area contributed by atoms with E-state index in [1.807, 2.05) is 6.07 Å². The predicted molar refractivity (Wildman–Crippen MR) is 71.4 cm³/mol. The number of hydrogen-bond acceptors (Lipinski definition) is 4. The summed E-state index contributed by atoms with van der Waals surface area (Å²) in [5.41, 5.74) is 0.399. The molecule has 0 bridgehead atoms. The third-order valence-corrected chi connectivity index (χ3v) is 2.88.